The van der Waals surface area contributed by atoms with Crippen molar-refractivity contribution in [3.8, 4) is 46.0 Å². The summed E-state index contributed by atoms with van der Waals surface area (Å²) in [4.78, 5) is 50.6. The SMILES string of the molecule is O=C(/C=C/c1ccc(O)c2c1[C@H](C(=O)O[C@H](Cc1ccc(O)c(O)c1)C(=O)[O-])C(c1ccc(O)c(O)c1)O2)O[C@H](Cc1ccc(O)c(O)c1)C(=O)[O-].[Mg+2]. The second kappa shape index (κ2) is 16.3. The van der Waals surface area contributed by atoms with Gasteiger partial charge < -0.3 is 69.8 Å². The summed E-state index contributed by atoms with van der Waals surface area (Å²) in [5, 5.41) is 93.3. The molecule has 0 aliphatic carbocycles. The third kappa shape index (κ3) is 8.94. The van der Waals surface area contributed by atoms with E-state index in [2.05, 4.69) is 0 Å². The third-order valence-corrected chi connectivity index (χ3v) is 8.01. The number of carboxylic acid groups (broad SMARTS) is 2. The van der Waals surface area contributed by atoms with Gasteiger partial charge in [-0.15, -0.1) is 0 Å². The van der Waals surface area contributed by atoms with Gasteiger partial charge in [0.2, 0.25) is 0 Å². The van der Waals surface area contributed by atoms with Gasteiger partial charge in [0, 0.05) is 24.5 Å². The van der Waals surface area contributed by atoms with Gasteiger partial charge in [0.15, 0.2) is 46.0 Å². The van der Waals surface area contributed by atoms with Crippen LogP contribution in [0.2, 0.25) is 0 Å². The van der Waals surface area contributed by atoms with Crippen molar-refractivity contribution >= 4 is 53.0 Å². The summed E-state index contributed by atoms with van der Waals surface area (Å²) in [6.07, 6.45) is -4.31. The Kier molecular flexibility index (Phi) is 12.2. The molecule has 0 amide bonds. The van der Waals surface area contributed by atoms with E-state index in [-0.39, 0.29) is 56.6 Å². The van der Waals surface area contributed by atoms with Crippen molar-refractivity contribution in [2.75, 3.05) is 0 Å². The fourth-order valence-corrected chi connectivity index (χ4v) is 5.48. The number of benzene rings is 4. The molecular weight excluding hydrogens is 713 g/mol. The van der Waals surface area contributed by atoms with Gasteiger partial charge in [0.05, 0.1) is 11.9 Å². The van der Waals surface area contributed by atoms with E-state index in [1.165, 1.54) is 24.3 Å². The molecule has 0 radical (unpaired) electrons. The van der Waals surface area contributed by atoms with Crippen LogP contribution >= 0.6 is 0 Å². The van der Waals surface area contributed by atoms with Crippen molar-refractivity contribution in [2.45, 2.75) is 37.1 Å². The summed E-state index contributed by atoms with van der Waals surface area (Å²) in [5.74, 6) is -11.6. The van der Waals surface area contributed by atoms with Crippen LogP contribution < -0.4 is 14.9 Å². The molecule has 1 unspecified atom stereocenters. The summed E-state index contributed by atoms with van der Waals surface area (Å²) in [7, 11) is 0. The standard InChI is InChI=1S/C36H30O16.Mg/c37-20-6-1-16(11-24(20)41)13-27(34(45)46)50-29(44)10-5-18-3-9-23(40)33-30(18)31(32(52-33)19-4-8-22(39)26(43)15-19)36(49)51-28(35(47)48)14-17-2-7-21(38)25(42)12-17;/h1-12,15,27-28,31-32,37-43H,13-14H2,(H,45,46)(H,47,48);/q;+2/p-2/b10-5+;/t27-,28-,31+,32?;/m1./s1. The number of hydrogen-bond donors (Lipinski definition) is 7. The number of esters is 2. The van der Waals surface area contributed by atoms with Crippen molar-refractivity contribution in [1.29, 1.82) is 0 Å². The fourth-order valence-electron chi connectivity index (χ4n) is 5.48. The average molecular weight is 741 g/mol. The van der Waals surface area contributed by atoms with Crippen LogP contribution in [0.4, 0.5) is 0 Å². The summed E-state index contributed by atoms with van der Waals surface area (Å²) in [5.41, 5.74) is 0.269. The fraction of sp³-hybridized carbons (Fsp3) is 0.167. The predicted molar refractivity (Wildman–Crippen MR) is 176 cm³/mol. The number of phenolic OH excluding ortho intramolecular Hbond substituents is 7. The van der Waals surface area contributed by atoms with Crippen LogP contribution in [0.5, 0.6) is 46.0 Å². The first-order valence-electron chi connectivity index (χ1n) is 15.2. The number of rotatable bonds is 12. The molecule has 16 nitrogen and oxygen atoms in total. The molecule has 0 fully saturated rings. The van der Waals surface area contributed by atoms with Crippen LogP contribution in [-0.4, -0.2) is 94.9 Å². The predicted octanol–water partition coefficient (Wildman–Crippen LogP) is 0.284. The molecule has 0 spiro atoms. The molecule has 0 bridgehead atoms. The molecule has 270 valence electrons. The first-order valence-corrected chi connectivity index (χ1v) is 15.2. The maximum Gasteiger partial charge on any atom is 2.00 e. The quantitative estimate of drug-likeness (QED) is 0.0444. The number of aromatic hydroxyl groups is 7. The van der Waals surface area contributed by atoms with Gasteiger partial charge >= 0.3 is 35.0 Å². The van der Waals surface area contributed by atoms with Crippen LogP contribution in [0.3, 0.4) is 0 Å². The number of carboxylic acids is 2. The van der Waals surface area contributed by atoms with Crippen LogP contribution in [0.15, 0.2) is 72.8 Å². The first-order chi connectivity index (χ1) is 24.6. The minimum absolute atomic E-state index is 0. The van der Waals surface area contributed by atoms with Gasteiger partial charge in [-0.1, -0.05) is 24.3 Å². The van der Waals surface area contributed by atoms with Gasteiger partial charge in [-0.2, -0.15) is 0 Å². The van der Waals surface area contributed by atoms with Crippen molar-refractivity contribution in [2.24, 2.45) is 0 Å². The second-order valence-electron chi connectivity index (χ2n) is 11.6. The first kappa shape index (κ1) is 39.5. The van der Waals surface area contributed by atoms with E-state index in [1.807, 2.05) is 0 Å². The molecule has 7 N–H and O–H groups in total. The number of phenols is 7. The molecule has 1 aliphatic rings. The Balaban J connectivity index is 0.00000627. The van der Waals surface area contributed by atoms with Gasteiger partial charge in [0.1, 0.15) is 24.2 Å². The third-order valence-electron chi connectivity index (χ3n) is 8.01. The Morgan fingerprint density at radius 1 is 0.660 bits per heavy atom. The molecule has 0 saturated carbocycles. The van der Waals surface area contributed by atoms with Crippen LogP contribution in [-0.2, 0) is 41.5 Å². The molecule has 4 atom stereocenters. The topological polar surface area (TPSA) is 284 Å². The van der Waals surface area contributed by atoms with E-state index in [9.17, 15) is 65.1 Å². The molecule has 0 aromatic heterocycles. The van der Waals surface area contributed by atoms with E-state index in [0.717, 1.165) is 54.6 Å². The largest absolute Gasteiger partial charge is 2.00 e. The number of hydrogen-bond acceptors (Lipinski definition) is 16. The van der Waals surface area contributed by atoms with Gasteiger partial charge in [-0.05, 0) is 70.8 Å². The Hall–Kier alpha value is -6.33. The van der Waals surface area contributed by atoms with Crippen LogP contribution in [0.1, 0.15) is 39.8 Å². The van der Waals surface area contributed by atoms with Gasteiger partial charge in [0.25, 0.3) is 0 Å². The van der Waals surface area contributed by atoms with Crippen LogP contribution in [0, 0.1) is 0 Å². The Labute approximate surface area is 315 Å². The number of carbonyl (C=O) groups excluding carboxylic acids is 4. The summed E-state index contributed by atoms with van der Waals surface area (Å²) in [6.45, 7) is 0. The minimum atomic E-state index is -1.96. The molecule has 53 heavy (non-hydrogen) atoms. The minimum Gasteiger partial charge on any atom is -0.546 e. The zero-order valence-corrected chi connectivity index (χ0v) is 28.7. The van der Waals surface area contributed by atoms with E-state index < -0.39 is 101 Å². The van der Waals surface area contributed by atoms with Crippen molar-refractivity contribution < 1.29 is 79.3 Å². The van der Waals surface area contributed by atoms with Gasteiger partial charge in [-0.25, -0.2) is 4.79 Å². The Bertz CT molecular complexity index is 2090. The maximum atomic E-state index is 13.9. The number of carbonyl (C=O) groups is 4. The molecule has 1 heterocycles. The monoisotopic (exact) mass is 740 g/mol. The molecule has 0 saturated heterocycles. The zero-order valence-electron chi connectivity index (χ0n) is 27.2. The van der Waals surface area contributed by atoms with Crippen molar-refractivity contribution in [3.63, 3.8) is 0 Å². The molecule has 4 aromatic carbocycles. The van der Waals surface area contributed by atoms with E-state index in [1.54, 1.807) is 0 Å². The molecular formula is C36H28MgO16. The maximum absolute atomic E-state index is 13.9. The Morgan fingerprint density at radius 2 is 1.15 bits per heavy atom. The van der Waals surface area contributed by atoms with Crippen molar-refractivity contribution in [1.82, 2.24) is 0 Å². The smallest absolute Gasteiger partial charge is 0.546 e. The number of aliphatic carboxylic acids is 2. The van der Waals surface area contributed by atoms with E-state index >= 15 is 0 Å². The molecule has 1 aliphatic heterocycles. The molecule has 4 aromatic rings. The normalized spacial score (nSPS) is 15.7. The Morgan fingerprint density at radius 3 is 1.66 bits per heavy atom. The van der Waals surface area contributed by atoms with Gasteiger partial charge in [-0.3, -0.25) is 4.79 Å². The van der Waals surface area contributed by atoms with Crippen molar-refractivity contribution in [3.05, 3.63) is 101 Å². The number of ether oxygens (including phenoxy) is 3. The second-order valence-corrected chi connectivity index (χ2v) is 11.6. The number of fused-ring (bicyclic) bond motifs is 1. The summed E-state index contributed by atoms with van der Waals surface area (Å²) >= 11 is 0. The summed E-state index contributed by atoms with van der Waals surface area (Å²) < 4.78 is 16.3. The molecule has 5 rings (SSSR count). The molecule has 17 heteroatoms. The van der Waals surface area contributed by atoms with E-state index in [0.29, 0.717) is 0 Å². The van der Waals surface area contributed by atoms with E-state index in [4.69, 9.17) is 14.2 Å². The van der Waals surface area contributed by atoms with Crippen LogP contribution in [0.25, 0.3) is 6.08 Å². The zero-order chi connectivity index (χ0) is 37.9. The average Bonchev–Trinajstić information content (AvgIpc) is 3.50. The summed E-state index contributed by atoms with van der Waals surface area (Å²) in [6, 6.07) is 12.7.